The van der Waals surface area contributed by atoms with Gasteiger partial charge in [-0.3, -0.25) is 0 Å². The summed E-state index contributed by atoms with van der Waals surface area (Å²) in [4.78, 5) is 11.0. The van der Waals surface area contributed by atoms with Crippen LogP contribution < -0.4 is 0 Å². The van der Waals surface area contributed by atoms with Gasteiger partial charge in [-0.1, -0.05) is 23.7 Å². The van der Waals surface area contributed by atoms with Crippen LogP contribution in [-0.2, 0) is 16.0 Å². The van der Waals surface area contributed by atoms with Crippen molar-refractivity contribution < 1.29 is 14.6 Å². The second-order valence-electron chi connectivity index (χ2n) is 3.55. The van der Waals surface area contributed by atoms with Crippen LogP contribution in [0.4, 0.5) is 0 Å². The molecule has 4 heteroatoms. The molecule has 0 aliphatic carbocycles. The standard InChI is InChI=1S/C11H13ClO3/c1-11(15-2,10(13)14)7-8-4-3-5-9(12)6-8/h3-6H,7H2,1-2H3,(H,13,14). The summed E-state index contributed by atoms with van der Waals surface area (Å²) < 4.78 is 5.00. The van der Waals surface area contributed by atoms with Crippen LogP contribution in [0.5, 0.6) is 0 Å². The average Bonchev–Trinajstić information content (AvgIpc) is 2.17. The molecule has 1 unspecified atom stereocenters. The van der Waals surface area contributed by atoms with Crippen LogP contribution in [0.2, 0.25) is 5.02 Å². The molecule has 3 nitrogen and oxygen atoms in total. The van der Waals surface area contributed by atoms with Crippen LogP contribution >= 0.6 is 11.6 Å². The monoisotopic (exact) mass is 228 g/mol. The molecular weight excluding hydrogens is 216 g/mol. The number of carboxylic acids is 1. The second-order valence-corrected chi connectivity index (χ2v) is 3.98. The molecule has 0 spiro atoms. The Balaban J connectivity index is 2.89. The van der Waals surface area contributed by atoms with E-state index in [0.29, 0.717) is 11.4 Å². The number of rotatable bonds is 4. The SMILES string of the molecule is COC(C)(Cc1cccc(Cl)c1)C(=O)O. The summed E-state index contributed by atoms with van der Waals surface area (Å²) in [5.41, 5.74) is -0.362. The topological polar surface area (TPSA) is 46.5 Å². The third-order valence-electron chi connectivity index (χ3n) is 2.33. The Morgan fingerprint density at radius 2 is 2.27 bits per heavy atom. The third-order valence-corrected chi connectivity index (χ3v) is 2.57. The van der Waals surface area contributed by atoms with Gasteiger partial charge < -0.3 is 9.84 Å². The van der Waals surface area contributed by atoms with Crippen LogP contribution in [0.1, 0.15) is 12.5 Å². The van der Waals surface area contributed by atoms with E-state index < -0.39 is 11.6 Å². The van der Waals surface area contributed by atoms with Gasteiger partial charge >= 0.3 is 5.97 Å². The van der Waals surface area contributed by atoms with Crippen molar-refractivity contribution in [2.45, 2.75) is 18.9 Å². The molecule has 15 heavy (non-hydrogen) atoms. The van der Waals surface area contributed by atoms with Crippen LogP contribution in [-0.4, -0.2) is 23.8 Å². The zero-order chi connectivity index (χ0) is 11.5. The zero-order valence-corrected chi connectivity index (χ0v) is 9.41. The van der Waals surface area contributed by atoms with Gasteiger partial charge in [0, 0.05) is 18.6 Å². The fraction of sp³-hybridized carbons (Fsp3) is 0.364. The molecule has 0 fully saturated rings. The number of hydrogen-bond acceptors (Lipinski definition) is 2. The van der Waals surface area contributed by atoms with Crippen LogP contribution in [0.25, 0.3) is 0 Å². The van der Waals surface area contributed by atoms with Crippen molar-refractivity contribution in [3.05, 3.63) is 34.9 Å². The number of ether oxygens (including phenoxy) is 1. The summed E-state index contributed by atoms with van der Waals surface area (Å²) >= 11 is 5.81. The molecule has 0 bridgehead atoms. The number of benzene rings is 1. The molecule has 0 heterocycles. The third kappa shape index (κ3) is 2.94. The number of hydrogen-bond donors (Lipinski definition) is 1. The van der Waals surface area contributed by atoms with E-state index in [1.54, 1.807) is 18.2 Å². The summed E-state index contributed by atoms with van der Waals surface area (Å²) in [5.74, 6) is -0.982. The summed E-state index contributed by atoms with van der Waals surface area (Å²) in [6, 6.07) is 7.10. The van der Waals surface area contributed by atoms with E-state index in [0.717, 1.165) is 5.56 Å². The highest BCUT2D eigenvalue weighted by molar-refractivity contribution is 6.30. The van der Waals surface area contributed by atoms with Crippen molar-refractivity contribution in [1.29, 1.82) is 0 Å². The quantitative estimate of drug-likeness (QED) is 0.861. The van der Waals surface area contributed by atoms with Crippen LogP contribution in [0.3, 0.4) is 0 Å². The largest absolute Gasteiger partial charge is 0.479 e. The first-order valence-electron chi connectivity index (χ1n) is 4.51. The Morgan fingerprint density at radius 3 is 2.73 bits per heavy atom. The fourth-order valence-electron chi connectivity index (χ4n) is 1.27. The van der Waals surface area contributed by atoms with Crippen molar-refractivity contribution in [3.8, 4) is 0 Å². The number of carboxylic acid groups (broad SMARTS) is 1. The summed E-state index contributed by atoms with van der Waals surface area (Å²) in [5, 5.41) is 9.60. The normalized spacial score (nSPS) is 14.6. The molecule has 0 radical (unpaired) electrons. The minimum Gasteiger partial charge on any atom is -0.479 e. The molecule has 0 aromatic heterocycles. The number of methoxy groups -OCH3 is 1. The molecule has 1 rings (SSSR count). The van der Waals surface area contributed by atoms with E-state index in [4.69, 9.17) is 21.4 Å². The maximum Gasteiger partial charge on any atom is 0.336 e. The van der Waals surface area contributed by atoms with Crippen molar-refractivity contribution in [2.75, 3.05) is 7.11 Å². The van der Waals surface area contributed by atoms with Gasteiger partial charge in [0.05, 0.1) is 0 Å². The molecule has 1 atom stereocenters. The minimum atomic E-state index is -1.20. The van der Waals surface area contributed by atoms with E-state index in [2.05, 4.69) is 0 Å². The van der Waals surface area contributed by atoms with Crippen molar-refractivity contribution in [1.82, 2.24) is 0 Å². The lowest BCUT2D eigenvalue weighted by Crippen LogP contribution is -2.39. The molecule has 1 aromatic rings. The molecule has 82 valence electrons. The van der Waals surface area contributed by atoms with Gasteiger partial charge in [0.2, 0.25) is 0 Å². The van der Waals surface area contributed by atoms with E-state index in [-0.39, 0.29) is 0 Å². The number of aliphatic carboxylic acids is 1. The molecule has 0 aliphatic heterocycles. The van der Waals surface area contributed by atoms with Crippen molar-refractivity contribution in [3.63, 3.8) is 0 Å². The first kappa shape index (κ1) is 12.0. The highest BCUT2D eigenvalue weighted by atomic mass is 35.5. The predicted molar refractivity (Wildman–Crippen MR) is 58.2 cm³/mol. The van der Waals surface area contributed by atoms with Crippen molar-refractivity contribution in [2.24, 2.45) is 0 Å². The molecular formula is C11H13ClO3. The maximum absolute atomic E-state index is 11.0. The van der Waals surface area contributed by atoms with Gasteiger partial charge in [-0.25, -0.2) is 4.79 Å². The predicted octanol–water partition coefficient (Wildman–Crippen LogP) is 2.37. The Morgan fingerprint density at radius 1 is 1.60 bits per heavy atom. The van der Waals surface area contributed by atoms with Gasteiger partial charge in [-0.2, -0.15) is 0 Å². The Bertz CT molecular complexity index is 365. The van der Waals surface area contributed by atoms with Gasteiger partial charge in [-0.15, -0.1) is 0 Å². The van der Waals surface area contributed by atoms with E-state index in [1.807, 2.05) is 6.07 Å². The Kier molecular flexibility index (Phi) is 3.72. The lowest BCUT2D eigenvalue weighted by atomic mass is 9.96. The first-order chi connectivity index (χ1) is 6.98. The summed E-state index contributed by atoms with van der Waals surface area (Å²) in [6.45, 7) is 1.54. The van der Waals surface area contributed by atoms with Gasteiger partial charge in [0.1, 0.15) is 0 Å². The number of carbonyl (C=O) groups is 1. The van der Waals surface area contributed by atoms with Crippen LogP contribution in [0.15, 0.2) is 24.3 Å². The van der Waals surface area contributed by atoms with E-state index in [1.165, 1.54) is 14.0 Å². The fourth-order valence-corrected chi connectivity index (χ4v) is 1.48. The summed E-state index contributed by atoms with van der Waals surface area (Å²) in [6.07, 6.45) is 0.291. The van der Waals surface area contributed by atoms with E-state index >= 15 is 0 Å². The first-order valence-corrected chi connectivity index (χ1v) is 4.89. The van der Waals surface area contributed by atoms with Gasteiger partial charge in [-0.05, 0) is 24.6 Å². The highest BCUT2D eigenvalue weighted by Gasteiger charge is 2.33. The molecule has 0 saturated carbocycles. The van der Waals surface area contributed by atoms with Crippen LogP contribution in [0, 0.1) is 0 Å². The lowest BCUT2D eigenvalue weighted by molar-refractivity contribution is -0.159. The molecule has 1 N–H and O–H groups in total. The van der Waals surface area contributed by atoms with Crippen molar-refractivity contribution >= 4 is 17.6 Å². The molecule has 0 aliphatic rings. The van der Waals surface area contributed by atoms with E-state index in [9.17, 15) is 4.79 Å². The lowest BCUT2D eigenvalue weighted by Gasteiger charge is -2.23. The van der Waals surface area contributed by atoms with Gasteiger partial charge in [0.15, 0.2) is 5.60 Å². The Hall–Kier alpha value is -1.06. The van der Waals surface area contributed by atoms with Gasteiger partial charge in [0.25, 0.3) is 0 Å². The smallest absolute Gasteiger partial charge is 0.336 e. The summed E-state index contributed by atoms with van der Waals surface area (Å²) in [7, 11) is 1.39. The zero-order valence-electron chi connectivity index (χ0n) is 8.66. The average molecular weight is 229 g/mol. The maximum atomic E-state index is 11.0. The second kappa shape index (κ2) is 4.64. The highest BCUT2D eigenvalue weighted by Crippen LogP contribution is 2.19. The number of halogens is 1. The Labute approximate surface area is 93.6 Å². The molecule has 1 aromatic carbocycles. The molecule has 0 amide bonds. The minimum absolute atomic E-state index is 0.291. The molecule has 0 saturated heterocycles.